The number of carbonyl (C=O) groups is 1. The number of aromatic nitrogens is 2. The Morgan fingerprint density at radius 1 is 1.50 bits per heavy atom. The van der Waals surface area contributed by atoms with Crippen LogP contribution in [0.1, 0.15) is 13.8 Å². The van der Waals surface area contributed by atoms with Gasteiger partial charge in [0.15, 0.2) is 0 Å². The molecular formula is C13H17N5O2. The third-order valence-electron chi connectivity index (χ3n) is 2.93. The van der Waals surface area contributed by atoms with Crippen LogP contribution in [-0.4, -0.2) is 28.5 Å². The van der Waals surface area contributed by atoms with Crippen molar-refractivity contribution in [2.24, 2.45) is 0 Å². The zero-order valence-corrected chi connectivity index (χ0v) is 11.4. The van der Waals surface area contributed by atoms with E-state index in [9.17, 15) is 9.59 Å². The van der Waals surface area contributed by atoms with Gasteiger partial charge in [0.05, 0.1) is 28.6 Å². The molecule has 1 aromatic heterocycles. The van der Waals surface area contributed by atoms with Gasteiger partial charge in [-0.2, -0.15) is 0 Å². The van der Waals surface area contributed by atoms with Crippen molar-refractivity contribution in [2.45, 2.75) is 19.9 Å². The van der Waals surface area contributed by atoms with E-state index in [0.717, 1.165) is 0 Å². The third-order valence-corrected chi connectivity index (χ3v) is 2.93. The van der Waals surface area contributed by atoms with Crippen molar-refractivity contribution in [3.63, 3.8) is 0 Å². The molecule has 20 heavy (non-hydrogen) atoms. The number of rotatable bonds is 4. The van der Waals surface area contributed by atoms with Crippen LogP contribution in [0.3, 0.4) is 0 Å². The van der Waals surface area contributed by atoms with E-state index in [1.54, 1.807) is 19.1 Å². The molecule has 1 aromatic carbocycles. The van der Waals surface area contributed by atoms with Crippen molar-refractivity contribution in [1.82, 2.24) is 15.3 Å². The summed E-state index contributed by atoms with van der Waals surface area (Å²) >= 11 is 0. The first-order valence-corrected chi connectivity index (χ1v) is 6.34. The summed E-state index contributed by atoms with van der Waals surface area (Å²) in [4.78, 5) is 29.9. The van der Waals surface area contributed by atoms with Gasteiger partial charge in [0.1, 0.15) is 6.04 Å². The number of benzene rings is 1. The fourth-order valence-electron chi connectivity index (χ4n) is 1.88. The molecule has 106 valence electrons. The van der Waals surface area contributed by atoms with Crippen LogP contribution < -0.4 is 21.9 Å². The van der Waals surface area contributed by atoms with Crippen molar-refractivity contribution < 1.29 is 4.79 Å². The molecule has 0 fully saturated rings. The van der Waals surface area contributed by atoms with E-state index >= 15 is 0 Å². The first-order chi connectivity index (χ1) is 9.52. The number of nitrogens with two attached hydrogens (primary N) is 1. The maximum atomic E-state index is 11.7. The van der Waals surface area contributed by atoms with Gasteiger partial charge < -0.3 is 21.4 Å². The smallest absolute Gasteiger partial charge is 0.258 e. The Labute approximate surface area is 115 Å². The summed E-state index contributed by atoms with van der Waals surface area (Å²) in [5.41, 5.74) is 7.15. The van der Waals surface area contributed by atoms with Gasteiger partial charge in [0.25, 0.3) is 5.56 Å². The van der Waals surface area contributed by atoms with Crippen LogP contribution in [0.15, 0.2) is 23.3 Å². The van der Waals surface area contributed by atoms with E-state index < -0.39 is 6.04 Å². The highest BCUT2D eigenvalue weighted by atomic mass is 16.2. The van der Waals surface area contributed by atoms with E-state index in [-0.39, 0.29) is 11.5 Å². The van der Waals surface area contributed by atoms with Crippen molar-refractivity contribution in [3.8, 4) is 0 Å². The molecule has 1 heterocycles. The number of nitrogens with one attached hydrogen (secondary N) is 3. The van der Waals surface area contributed by atoms with Gasteiger partial charge in [-0.15, -0.1) is 0 Å². The fourth-order valence-corrected chi connectivity index (χ4v) is 1.88. The Kier molecular flexibility index (Phi) is 3.88. The predicted molar refractivity (Wildman–Crippen MR) is 78.5 cm³/mol. The number of nitrogens with zero attached hydrogens (tertiary/aromatic N) is 1. The van der Waals surface area contributed by atoms with Gasteiger partial charge in [-0.1, -0.05) is 0 Å². The molecule has 0 bridgehead atoms. The van der Waals surface area contributed by atoms with Crippen LogP contribution >= 0.6 is 0 Å². The Balaban J connectivity index is 2.33. The summed E-state index contributed by atoms with van der Waals surface area (Å²) in [7, 11) is 0. The SMILES string of the molecule is CCNC(=O)C(C)Nc1cc2nc[nH]c(=O)c2cc1N. The molecular weight excluding hydrogens is 258 g/mol. The first-order valence-electron chi connectivity index (χ1n) is 6.34. The molecule has 1 unspecified atom stereocenters. The zero-order valence-electron chi connectivity index (χ0n) is 11.4. The monoisotopic (exact) mass is 275 g/mol. The van der Waals surface area contributed by atoms with E-state index in [1.165, 1.54) is 6.33 Å². The lowest BCUT2D eigenvalue weighted by Crippen LogP contribution is -2.37. The quantitative estimate of drug-likeness (QED) is 0.605. The molecule has 0 aliphatic carbocycles. The molecule has 0 radical (unpaired) electrons. The number of nitrogen functional groups attached to an aromatic ring is 1. The second-order valence-corrected chi connectivity index (χ2v) is 4.45. The molecule has 0 aliphatic heterocycles. The molecule has 0 saturated carbocycles. The number of hydrogen-bond acceptors (Lipinski definition) is 5. The molecule has 1 atom stereocenters. The average Bonchev–Trinajstić information content (AvgIpc) is 2.41. The number of hydrogen-bond donors (Lipinski definition) is 4. The first kappa shape index (κ1) is 13.9. The molecule has 7 heteroatoms. The summed E-state index contributed by atoms with van der Waals surface area (Å²) in [6, 6.07) is 2.78. The summed E-state index contributed by atoms with van der Waals surface area (Å²) in [5, 5.41) is 6.15. The van der Waals surface area contributed by atoms with Crippen LogP contribution in [0, 0.1) is 0 Å². The molecule has 1 amide bonds. The Hall–Kier alpha value is -2.57. The van der Waals surface area contributed by atoms with Crippen molar-refractivity contribution in [2.75, 3.05) is 17.6 Å². The number of likely N-dealkylation sites (N-methyl/N-ethyl adjacent to an activating group) is 1. The minimum atomic E-state index is -0.434. The second kappa shape index (κ2) is 5.60. The van der Waals surface area contributed by atoms with Crippen molar-refractivity contribution in [3.05, 3.63) is 28.8 Å². The molecule has 7 nitrogen and oxygen atoms in total. The van der Waals surface area contributed by atoms with E-state index in [4.69, 9.17) is 5.73 Å². The molecule has 2 aromatic rings. The zero-order chi connectivity index (χ0) is 14.7. The summed E-state index contributed by atoms with van der Waals surface area (Å²) in [5.74, 6) is -0.120. The minimum Gasteiger partial charge on any atom is -0.397 e. The summed E-state index contributed by atoms with van der Waals surface area (Å²) in [6.07, 6.45) is 1.33. The maximum absolute atomic E-state index is 11.7. The highest BCUT2D eigenvalue weighted by Crippen LogP contribution is 2.23. The lowest BCUT2D eigenvalue weighted by Gasteiger charge is -2.16. The Bertz CT molecular complexity index is 695. The fraction of sp³-hybridized carbons (Fsp3) is 0.308. The summed E-state index contributed by atoms with van der Waals surface area (Å²) < 4.78 is 0. The number of aromatic amines is 1. The molecule has 2 rings (SSSR count). The predicted octanol–water partition coefficient (Wildman–Crippen LogP) is 0.442. The number of fused-ring (bicyclic) bond motifs is 1. The van der Waals surface area contributed by atoms with Gasteiger partial charge in [-0.25, -0.2) is 4.98 Å². The van der Waals surface area contributed by atoms with Gasteiger partial charge in [0.2, 0.25) is 5.91 Å². The van der Waals surface area contributed by atoms with Crippen LogP contribution in [0.5, 0.6) is 0 Å². The van der Waals surface area contributed by atoms with Crippen LogP contribution in [0.25, 0.3) is 10.9 Å². The van der Waals surface area contributed by atoms with E-state index in [0.29, 0.717) is 28.8 Å². The normalized spacial score (nSPS) is 12.1. The highest BCUT2D eigenvalue weighted by Gasteiger charge is 2.13. The number of amides is 1. The molecule has 0 spiro atoms. The summed E-state index contributed by atoms with van der Waals surface area (Å²) in [6.45, 7) is 4.15. The van der Waals surface area contributed by atoms with Crippen LogP contribution in [0.2, 0.25) is 0 Å². The topological polar surface area (TPSA) is 113 Å². The lowest BCUT2D eigenvalue weighted by atomic mass is 10.1. The van der Waals surface area contributed by atoms with Crippen LogP contribution in [0.4, 0.5) is 11.4 Å². The number of H-pyrrole nitrogens is 1. The number of carbonyl (C=O) groups excluding carboxylic acids is 1. The lowest BCUT2D eigenvalue weighted by molar-refractivity contribution is -0.121. The van der Waals surface area contributed by atoms with Crippen molar-refractivity contribution in [1.29, 1.82) is 0 Å². The number of anilines is 2. The minimum absolute atomic E-state index is 0.120. The van der Waals surface area contributed by atoms with E-state index in [1.807, 2.05) is 6.92 Å². The standard InChI is InChI=1S/C13H17N5O2/c1-3-15-12(19)7(2)18-11-5-10-8(4-9(11)14)13(20)17-6-16-10/h4-7,18H,3,14H2,1-2H3,(H,15,19)(H,16,17,20). The van der Waals surface area contributed by atoms with Gasteiger partial charge in [-0.3, -0.25) is 9.59 Å². The van der Waals surface area contributed by atoms with Crippen molar-refractivity contribution >= 4 is 28.2 Å². The molecule has 0 saturated heterocycles. The Morgan fingerprint density at radius 2 is 2.25 bits per heavy atom. The third kappa shape index (κ3) is 2.71. The van der Waals surface area contributed by atoms with Gasteiger partial charge >= 0.3 is 0 Å². The Morgan fingerprint density at radius 3 is 2.95 bits per heavy atom. The second-order valence-electron chi connectivity index (χ2n) is 4.45. The largest absolute Gasteiger partial charge is 0.397 e. The maximum Gasteiger partial charge on any atom is 0.258 e. The molecule has 0 aliphatic rings. The molecule has 5 N–H and O–H groups in total. The average molecular weight is 275 g/mol. The van der Waals surface area contributed by atoms with E-state index in [2.05, 4.69) is 20.6 Å². The highest BCUT2D eigenvalue weighted by molar-refractivity contribution is 5.91. The van der Waals surface area contributed by atoms with Gasteiger partial charge in [-0.05, 0) is 26.0 Å². The van der Waals surface area contributed by atoms with Gasteiger partial charge in [0, 0.05) is 6.54 Å². The van der Waals surface area contributed by atoms with Crippen LogP contribution in [-0.2, 0) is 4.79 Å².